The van der Waals surface area contributed by atoms with E-state index in [4.69, 9.17) is 16.3 Å². The van der Waals surface area contributed by atoms with Gasteiger partial charge in [-0.3, -0.25) is 4.79 Å². The first-order valence-corrected chi connectivity index (χ1v) is 8.73. The number of amides is 1. The Morgan fingerprint density at radius 3 is 2.21 bits per heavy atom. The highest BCUT2D eigenvalue weighted by Gasteiger charge is 2.53. The van der Waals surface area contributed by atoms with Crippen LogP contribution >= 0.6 is 11.6 Å². The molecule has 3 nitrogen and oxygen atoms in total. The SMILES string of the molecule is CC(C)N1C(=O)[C@@H](Oc2ccccc2)[C@H]1[C@@H](Cl)Cc1ccccc1. The lowest BCUT2D eigenvalue weighted by Crippen LogP contribution is -2.72. The molecule has 0 N–H and O–H groups in total. The largest absolute Gasteiger partial charge is 0.478 e. The Morgan fingerprint density at radius 2 is 1.62 bits per heavy atom. The number of halogens is 1. The van der Waals surface area contributed by atoms with Crippen LogP contribution in [0.4, 0.5) is 0 Å². The molecule has 1 aliphatic heterocycles. The first kappa shape index (κ1) is 16.8. The van der Waals surface area contributed by atoms with Gasteiger partial charge in [0.05, 0.1) is 11.4 Å². The topological polar surface area (TPSA) is 29.5 Å². The standard InChI is InChI=1S/C20H22ClNO2/c1-14(2)22-18(17(21)13-15-9-5-3-6-10-15)19(20(22)23)24-16-11-7-4-8-12-16/h3-12,14,17-19H,13H2,1-2H3/t17-,18+,19-/m0/s1. The molecule has 0 saturated carbocycles. The molecular weight excluding hydrogens is 322 g/mol. The minimum atomic E-state index is -0.513. The summed E-state index contributed by atoms with van der Waals surface area (Å²) in [4.78, 5) is 14.4. The number of ether oxygens (including phenoxy) is 1. The molecule has 0 aliphatic carbocycles. The molecule has 3 atom stereocenters. The van der Waals surface area contributed by atoms with Crippen LogP contribution in [0.1, 0.15) is 19.4 Å². The lowest BCUT2D eigenvalue weighted by Gasteiger charge is -2.50. The summed E-state index contributed by atoms with van der Waals surface area (Å²) in [6.07, 6.45) is 0.194. The Hall–Kier alpha value is -2.00. The summed E-state index contributed by atoms with van der Waals surface area (Å²) in [6, 6.07) is 19.5. The highest BCUT2D eigenvalue weighted by Crippen LogP contribution is 2.33. The molecule has 2 aromatic carbocycles. The number of β-lactam (4-membered cyclic amide) rings is 1. The lowest BCUT2D eigenvalue weighted by atomic mass is 9.89. The van der Waals surface area contributed by atoms with Crippen LogP contribution < -0.4 is 4.74 Å². The van der Waals surface area contributed by atoms with Gasteiger partial charge >= 0.3 is 0 Å². The van der Waals surface area contributed by atoms with Gasteiger partial charge in [-0.15, -0.1) is 11.6 Å². The zero-order valence-electron chi connectivity index (χ0n) is 13.9. The molecule has 0 bridgehead atoms. The van der Waals surface area contributed by atoms with E-state index in [9.17, 15) is 4.79 Å². The van der Waals surface area contributed by atoms with Crippen molar-refractivity contribution in [3.63, 3.8) is 0 Å². The molecule has 0 unspecified atom stereocenters. The second-order valence-corrected chi connectivity index (χ2v) is 6.95. The average molecular weight is 344 g/mol. The van der Waals surface area contributed by atoms with Crippen LogP contribution in [0.25, 0.3) is 0 Å². The van der Waals surface area contributed by atoms with Crippen LogP contribution in [0.5, 0.6) is 5.75 Å². The quantitative estimate of drug-likeness (QED) is 0.588. The van der Waals surface area contributed by atoms with E-state index in [-0.39, 0.29) is 23.4 Å². The Bertz CT molecular complexity index is 675. The number of benzene rings is 2. The summed E-state index contributed by atoms with van der Waals surface area (Å²) in [5, 5.41) is -0.193. The molecule has 1 aliphatic rings. The molecule has 1 fully saturated rings. The van der Waals surface area contributed by atoms with Gasteiger partial charge in [-0.2, -0.15) is 0 Å². The number of para-hydroxylation sites is 1. The summed E-state index contributed by atoms with van der Waals surface area (Å²) in [5.74, 6) is 0.713. The third-order valence-corrected chi connectivity index (χ3v) is 4.75. The van der Waals surface area contributed by atoms with Crippen molar-refractivity contribution in [2.24, 2.45) is 0 Å². The summed E-state index contributed by atoms with van der Waals surface area (Å²) >= 11 is 6.71. The van der Waals surface area contributed by atoms with Gasteiger partial charge in [-0.1, -0.05) is 48.5 Å². The lowest BCUT2D eigenvalue weighted by molar-refractivity contribution is -0.167. The van der Waals surface area contributed by atoms with Gasteiger partial charge in [0.25, 0.3) is 5.91 Å². The van der Waals surface area contributed by atoms with E-state index in [2.05, 4.69) is 12.1 Å². The molecule has 1 saturated heterocycles. The molecule has 2 aromatic rings. The average Bonchev–Trinajstić information content (AvgIpc) is 2.58. The van der Waals surface area contributed by atoms with Crippen LogP contribution in [0.15, 0.2) is 60.7 Å². The third kappa shape index (κ3) is 3.41. The normalized spacial score (nSPS) is 21.5. The number of hydrogen-bond acceptors (Lipinski definition) is 2. The van der Waals surface area contributed by atoms with Crippen LogP contribution in [0, 0.1) is 0 Å². The summed E-state index contributed by atoms with van der Waals surface area (Å²) in [6.45, 7) is 4.02. The van der Waals surface area contributed by atoms with Crippen molar-refractivity contribution in [3.05, 3.63) is 66.2 Å². The molecule has 3 rings (SSSR count). The molecule has 126 valence electrons. The minimum Gasteiger partial charge on any atom is -0.478 e. The number of rotatable bonds is 6. The number of likely N-dealkylation sites (tertiary alicyclic amines) is 1. The van der Waals surface area contributed by atoms with Gasteiger partial charge < -0.3 is 9.64 Å². The van der Waals surface area contributed by atoms with Crippen molar-refractivity contribution in [1.29, 1.82) is 0 Å². The first-order chi connectivity index (χ1) is 11.6. The number of hydrogen-bond donors (Lipinski definition) is 0. The molecular formula is C20H22ClNO2. The number of alkyl halides is 1. The number of carbonyl (C=O) groups is 1. The van der Waals surface area contributed by atoms with Gasteiger partial charge in [-0.25, -0.2) is 0 Å². The molecule has 0 aromatic heterocycles. The molecule has 4 heteroatoms. The van der Waals surface area contributed by atoms with E-state index in [1.807, 2.05) is 67.3 Å². The van der Waals surface area contributed by atoms with Crippen molar-refractivity contribution < 1.29 is 9.53 Å². The van der Waals surface area contributed by atoms with E-state index >= 15 is 0 Å². The van der Waals surface area contributed by atoms with Gasteiger partial charge in [0.15, 0.2) is 6.10 Å². The Kier molecular flexibility index (Phi) is 5.10. The van der Waals surface area contributed by atoms with Gasteiger partial charge in [0, 0.05) is 6.04 Å². The molecule has 1 heterocycles. The van der Waals surface area contributed by atoms with Crippen LogP contribution in [0.3, 0.4) is 0 Å². The second-order valence-electron chi connectivity index (χ2n) is 6.39. The van der Waals surface area contributed by atoms with E-state index in [0.29, 0.717) is 12.2 Å². The van der Waals surface area contributed by atoms with E-state index in [1.54, 1.807) is 0 Å². The van der Waals surface area contributed by atoms with Crippen LogP contribution in [-0.2, 0) is 11.2 Å². The third-order valence-electron chi connectivity index (χ3n) is 4.34. The van der Waals surface area contributed by atoms with Gasteiger partial charge in [0.1, 0.15) is 5.75 Å². The van der Waals surface area contributed by atoms with E-state index in [1.165, 1.54) is 5.56 Å². The predicted octanol–water partition coefficient (Wildman–Crippen LogP) is 3.90. The zero-order chi connectivity index (χ0) is 17.1. The number of carbonyl (C=O) groups excluding carboxylic acids is 1. The Labute approximate surface area is 148 Å². The highest BCUT2D eigenvalue weighted by molar-refractivity contribution is 6.22. The fraction of sp³-hybridized carbons (Fsp3) is 0.350. The fourth-order valence-electron chi connectivity index (χ4n) is 3.19. The second kappa shape index (κ2) is 7.27. The molecule has 0 radical (unpaired) electrons. The van der Waals surface area contributed by atoms with Gasteiger partial charge in [0.2, 0.25) is 0 Å². The van der Waals surface area contributed by atoms with Crippen molar-refractivity contribution in [2.75, 3.05) is 0 Å². The minimum absolute atomic E-state index is 0.0116. The van der Waals surface area contributed by atoms with Crippen molar-refractivity contribution in [2.45, 2.75) is 43.8 Å². The maximum Gasteiger partial charge on any atom is 0.266 e. The maximum atomic E-state index is 12.5. The summed E-state index contributed by atoms with van der Waals surface area (Å²) < 4.78 is 5.94. The number of nitrogens with zero attached hydrogens (tertiary/aromatic N) is 1. The van der Waals surface area contributed by atoms with Crippen LogP contribution in [0.2, 0.25) is 0 Å². The van der Waals surface area contributed by atoms with Crippen molar-refractivity contribution in [3.8, 4) is 5.75 Å². The highest BCUT2D eigenvalue weighted by atomic mass is 35.5. The van der Waals surface area contributed by atoms with E-state index < -0.39 is 6.10 Å². The van der Waals surface area contributed by atoms with Crippen molar-refractivity contribution >= 4 is 17.5 Å². The summed E-state index contributed by atoms with van der Waals surface area (Å²) in [7, 11) is 0. The Morgan fingerprint density at radius 1 is 1.04 bits per heavy atom. The van der Waals surface area contributed by atoms with Crippen LogP contribution in [-0.4, -0.2) is 34.4 Å². The first-order valence-electron chi connectivity index (χ1n) is 8.30. The van der Waals surface area contributed by atoms with Gasteiger partial charge in [-0.05, 0) is 38.0 Å². The van der Waals surface area contributed by atoms with Crippen molar-refractivity contribution in [1.82, 2.24) is 4.90 Å². The fourth-order valence-corrected chi connectivity index (χ4v) is 3.62. The van der Waals surface area contributed by atoms with E-state index in [0.717, 1.165) is 0 Å². The molecule has 24 heavy (non-hydrogen) atoms. The smallest absolute Gasteiger partial charge is 0.266 e. The zero-order valence-corrected chi connectivity index (χ0v) is 14.7. The molecule has 1 amide bonds. The summed E-state index contributed by atoms with van der Waals surface area (Å²) in [5.41, 5.74) is 1.17. The maximum absolute atomic E-state index is 12.5. The predicted molar refractivity (Wildman–Crippen MR) is 96.4 cm³/mol. The molecule has 0 spiro atoms. The Balaban J connectivity index is 1.76. The monoisotopic (exact) mass is 343 g/mol.